The van der Waals surface area contributed by atoms with Crippen LogP contribution >= 0.6 is 0 Å². The average Bonchev–Trinajstić information content (AvgIpc) is 2.91. The number of pyridine rings is 1. The van der Waals surface area contributed by atoms with E-state index < -0.39 is 5.72 Å². The molecule has 1 saturated heterocycles. The predicted molar refractivity (Wildman–Crippen MR) is 78.2 cm³/mol. The Balaban J connectivity index is 1.75. The third kappa shape index (κ3) is 2.70. The Hall–Kier alpha value is -1.75. The lowest BCUT2D eigenvalue weighted by Crippen LogP contribution is -2.43. The van der Waals surface area contributed by atoms with Crippen LogP contribution in [0.1, 0.15) is 44.2 Å². The van der Waals surface area contributed by atoms with Crippen molar-refractivity contribution in [2.75, 3.05) is 18.1 Å². The maximum absolute atomic E-state index is 11.3. The minimum absolute atomic E-state index is 0.360. The lowest BCUT2D eigenvalue weighted by Gasteiger charge is -2.30. The van der Waals surface area contributed by atoms with Gasteiger partial charge in [0, 0.05) is 31.0 Å². The number of aldehydes is 1. The van der Waals surface area contributed by atoms with Gasteiger partial charge in [-0.05, 0) is 31.9 Å². The highest BCUT2D eigenvalue weighted by Crippen LogP contribution is 2.32. The molecule has 21 heavy (non-hydrogen) atoms. The van der Waals surface area contributed by atoms with E-state index in [4.69, 9.17) is 4.74 Å². The molecule has 2 heterocycles. The number of hydrogen-bond donors (Lipinski definition) is 0. The molecule has 1 aromatic rings. The smallest absolute Gasteiger partial charge is 0.194 e. The fraction of sp³-hybridized carbons (Fsp3) is 0.562. The van der Waals surface area contributed by atoms with E-state index in [9.17, 15) is 9.59 Å². The summed E-state index contributed by atoms with van der Waals surface area (Å²) in [6, 6.07) is 4.01. The molecule has 0 aromatic carbocycles. The van der Waals surface area contributed by atoms with Crippen molar-refractivity contribution >= 4 is 17.8 Å². The summed E-state index contributed by atoms with van der Waals surface area (Å²) in [6.07, 6.45) is 5.76. The van der Waals surface area contributed by atoms with Crippen molar-refractivity contribution in [3.05, 3.63) is 24.0 Å². The van der Waals surface area contributed by atoms with Crippen molar-refractivity contribution in [1.82, 2.24) is 4.98 Å². The summed E-state index contributed by atoms with van der Waals surface area (Å²) in [4.78, 5) is 29.0. The number of ketones is 1. The molecule has 0 radical (unpaired) electrons. The predicted octanol–water partition coefficient (Wildman–Crippen LogP) is 2.06. The van der Waals surface area contributed by atoms with Crippen LogP contribution in [-0.4, -0.2) is 35.9 Å². The molecular weight excluding hydrogens is 268 g/mol. The first kappa shape index (κ1) is 14.2. The number of rotatable bonds is 3. The lowest BCUT2D eigenvalue weighted by molar-refractivity contribution is -0.123. The normalized spacial score (nSPS) is 27.1. The third-order valence-corrected chi connectivity index (χ3v) is 4.51. The molecule has 5 heteroatoms. The van der Waals surface area contributed by atoms with Crippen LogP contribution in [0.2, 0.25) is 0 Å². The van der Waals surface area contributed by atoms with Crippen LogP contribution in [0.4, 0.5) is 5.69 Å². The van der Waals surface area contributed by atoms with Gasteiger partial charge < -0.3 is 9.64 Å². The molecular formula is C16H20N2O3. The topological polar surface area (TPSA) is 59.5 Å². The molecule has 1 aliphatic heterocycles. The number of ether oxygens (including phenoxy) is 1. The van der Waals surface area contributed by atoms with E-state index >= 15 is 0 Å². The van der Waals surface area contributed by atoms with Crippen molar-refractivity contribution in [3.8, 4) is 0 Å². The van der Waals surface area contributed by atoms with E-state index in [0.717, 1.165) is 30.5 Å². The van der Waals surface area contributed by atoms with Gasteiger partial charge >= 0.3 is 0 Å². The van der Waals surface area contributed by atoms with E-state index in [1.165, 1.54) is 0 Å². The summed E-state index contributed by atoms with van der Waals surface area (Å²) >= 11 is 0. The highest BCUT2D eigenvalue weighted by atomic mass is 16.5. The Morgan fingerprint density at radius 1 is 1.38 bits per heavy atom. The summed E-state index contributed by atoms with van der Waals surface area (Å²) < 4.78 is 5.51. The summed E-state index contributed by atoms with van der Waals surface area (Å²) in [5.41, 5.74) is 1.05. The maximum Gasteiger partial charge on any atom is 0.194 e. The summed E-state index contributed by atoms with van der Waals surface area (Å²) in [5, 5.41) is 0. The van der Waals surface area contributed by atoms with Gasteiger partial charge in [-0.25, -0.2) is 0 Å². The van der Waals surface area contributed by atoms with E-state index in [1.807, 2.05) is 23.2 Å². The molecule has 1 atom stereocenters. The zero-order chi connectivity index (χ0) is 14.9. The highest BCUT2D eigenvalue weighted by molar-refractivity contribution is 5.79. The van der Waals surface area contributed by atoms with Gasteiger partial charge in [0.15, 0.2) is 12.0 Å². The van der Waals surface area contributed by atoms with Gasteiger partial charge in [-0.3, -0.25) is 14.6 Å². The van der Waals surface area contributed by atoms with E-state index in [1.54, 1.807) is 6.92 Å². The first-order chi connectivity index (χ1) is 10.1. The molecule has 5 nitrogen and oxygen atoms in total. The quantitative estimate of drug-likeness (QED) is 0.797. The van der Waals surface area contributed by atoms with Crippen molar-refractivity contribution in [2.45, 2.75) is 44.2 Å². The van der Waals surface area contributed by atoms with Crippen LogP contribution in [0.25, 0.3) is 0 Å². The van der Waals surface area contributed by atoms with Crippen LogP contribution in [-0.2, 0) is 14.3 Å². The first-order valence-electron chi connectivity index (χ1n) is 7.48. The van der Waals surface area contributed by atoms with Gasteiger partial charge in [0.2, 0.25) is 0 Å². The molecule has 1 saturated carbocycles. The number of carbonyl (C=O) groups is 2. The largest absolute Gasteiger partial charge is 0.347 e. The molecule has 1 unspecified atom stereocenters. The SMILES string of the molecule is CC1(C=O)OCCN1c1ccc(C2CCC(=O)CC2)nc1. The van der Waals surface area contributed by atoms with Crippen molar-refractivity contribution in [1.29, 1.82) is 0 Å². The van der Waals surface area contributed by atoms with E-state index in [-0.39, 0.29) is 0 Å². The zero-order valence-corrected chi connectivity index (χ0v) is 12.2. The highest BCUT2D eigenvalue weighted by Gasteiger charge is 2.38. The van der Waals surface area contributed by atoms with Crippen molar-refractivity contribution < 1.29 is 14.3 Å². The molecule has 112 valence electrons. The van der Waals surface area contributed by atoms with Gasteiger partial charge in [0.25, 0.3) is 0 Å². The molecule has 0 amide bonds. The minimum Gasteiger partial charge on any atom is -0.347 e. The van der Waals surface area contributed by atoms with E-state index in [2.05, 4.69) is 4.98 Å². The molecule has 2 fully saturated rings. The first-order valence-corrected chi connectivity index (χ1v) is 7.48. The Bertz CT molecular complexity index is 533. The minimum atomic E-state index is -0.888. The molecule has 1 aromatic heterocycles. The van der Waals surface area contributed by atoms with Gasteiger partial charge in [-0.2, -0.15) is 0 Å². The maximum atomic E-state index is 11.3. The van der Waals surface area contributed by atoms with Crippen molar-refractivity contribution in [3.63, 3.8) is 0 Å². The number of aromatic nitrogens is 1. The summed E-state index contributed by atoms with van der Waals surface area (Å²) in [6.45, 7) is 3.00. The van der Waals surface area contributed by atoms with E-state index in [0.29, 0.717) is 37.7 Å². The third-order valence-electron chi connectivity index (χ3n) is 4.51. The lowest BCUT2D eigenvalue weighted by atomic mass is 9.86. The molecule has 1 aliphatic carbocycles. The van der Waals surface area contributed by atoms with Crippen LogP contribution < -0.4 is 4.90 Å². The van der Waals surface area contributed by atoms with Crippen LogP contribution in [0.5, 0.6) is 0 Å². The number of nitrogens with zero attached hydrogens (tertiary/aromatic N) is 2. The fourth-order valence-corrected chi connectivity index (χ4v) is 3.16. The molecule has 0 spiro atoms. The molecule has 3 rings (SSSR count). The molecule has 2 aliphatic rings. The van der Waals surface area contributed by atoms with Crippen LogP contribution in [0.3, 0.4) is 0 Å². The van der Waals surface area contributed by atoms with Crippen molar-refractivity contribution in [2.24, 2.45) is 0 Å². The second-order valence-corrected chi connectivity index (χ2v) is 5.93. The van der Waals surface area contributed by atoms with Gasteiger partial charge in [0.05, 0.1) is 18.5 Å². The molecule has 0 N–H and O–H groups in total. The van der Waals surface area contributed by atoms with Gasteiger partial charge in [-0.1, -0.05) is 0 Å². The number of carbonyl (C=O) groups excluding carboxylic acids is 2. The Labute approximate surface area is 124 Å². The Morgan fingerprint density at radius 2 is 2.14 bits per heavy atom. The second kappa shape index (κ2) is 5.56. The number of Topliss-reactive ketones (excluding diaryl/α,β-unsaturated/α-hetero) is 1. The fourth-order valence-electron chi connectivity index (χ4n) is 3.16. The summed E-state index contributed by atoms with van der Waals surface area (Å²) in [7, 11) is 0. The second-order valence-electron chi connectivity index (χ2n) is 5.93. The zero-order valence-electron chi connectivity index (χ0n) is 12.2. The summed E-state index contributed by atoms with van der Waals surface area (Å²) in [5.74, 6) is 0.739. The van der Waals surface area contributed by atoms with Crippen LogP contribution in [0, 0.1) is 0 Å². The average molecular weight is 288 g/mol. The Morgan fingerprint density at radius 3 is 2.76 bits per heavy atom. The number of hydrogen-bond acceptors (Lipinski definition) is 5. The monoisotopic (exact) mass is 288 g/mol. The number of anilines is 1. The van der Waals surface area contributed by atoms with Crippen LogP contribution in [0.15, 0.2) is 18.3 Å². The standard InChI is InChI=1S/C16H20N2O3/c1-16(11-19)18(8-9-21-16)13-4-7-15(17-10-13)12-2-5-14(20)6-3-12/h4,7,10-12H,2-3,5-6,8-9H2,1H3. The Kier molecular flexibility index (Phi) is 3.76. The van der Waals surface area contributed by atoms with Gasteiger partial charge in [-0.15, -0.1) is 0 Å². The molecule has 0 bridgehead atoms. The van der Waals surface area contributed by atoms with Gasteiger partial charge in [0.1, 0.15) is 5.78 Å².